The van der Waals surface area contributed by atoms with E-state index in [0.717, 1.165) is 10.9 Å². The van der Waals surface area contributed by atoms with Gasteiger partial charge in [0.2, 0.25) is 0 Å². The first-order valence-corrected chi connectivity index (χ1v) is 7.37. The van der Waals surface area contributed by atoms with Crippen LogP contribution in [0.1, 0.15) is 5.56 Å². The topological polar surface area (TPSA) is 41.1 Å². The molecule has 3 aromatic rings. The van der Waals surface area contributed by atoms with E-state index in [2.05, 4.69) is 28.8 Å². The Morgan fingerprint density at radius 3 is 2.45 bits per heavy atom. The van der Waals surface area contributed by atoms with E-state index in [-0.39, 0.29) is 6.03 Å². The Morgan fingerprint density at radius 2 is 1.64 bits per heavy atom. The zero-order valence-electron chi connectivity index (χ0n) is 11.8. The Bertz CT molecular complexity index is 794. The van der Waals surface area contributed by atoms with Gasteiger partial charge in [-0.1, -0.05) is 54.1 Å². The number of carbonyl (C=O) groups excluding carboxylic acids is 1. The molecule has 0 aliphatic carbocycles. The highest BCUT2D eigenvalue weighted by Crippen LogP contribution is 2.18. The monoisotopic (exact) mass is 310 g/mol. The maximum absolute atomic E-state index is 12.0. The SMILES string of the molecule is O=C(NCc1cccc2ccccc12)Nc1ccc(Cl)cc1. The van der Waals surface area contributed by atoms with Crippen LogP contribution in [0.4, 0.5) is 10.5 Å². The van der Waals surface area contributed by atoms with Crippen LogP contribution in [0.15, 0.2) is 66.7 Å². The molecule has 3 nitrogen and oxygen atoms in total. The fourth-order valence-electron chi connectivity index (χ4n) is 2.33. The first-order valence-electron chi connectivity index (χ1n) is 6.99. The molecular formula is C18H15ClN2O. The number of urea groups is 1. The lowest BCUT2D eigenvalue weighted by atomic mass is 10.0. The average Bonchev–Trinajstić information content (AvgIpc) is 2.55. The fourth-order valence-corrected chi connectivity index (χ4v) is 2.46. The summed E-state index contributed by atoms with van der Waals surface area (Å²) < 4.78 is 0. The highest BCUT2D eigenvalue weighted by Gasteiger charge is 2.04. The summed E-state index contributed by atoms with van der Waals surface area (Å²) in [7, 11) is 0. The van der Waals surface area contributed by atoms with E-state index < -0.39 is 0 Å². The van der Waals surface area contributed by atoms with Gasteiger partial charge in [-0.3, -0.25) is 0 Å². The van der Waals surface area contributed by atoms with Crippen molar-refractivity contribution < 1.29 is 4.79 Å². The number of nitrogens with one attached hydrogen (secondary N) is 2. The number of carbonyl (C=O) groups is 1. The quantitative estimate of drug-likeness (QED) is 0.716. The molecule has 0 heterocycles. The van der Waals surface area contributed by atoms with Crippen molar-refractivity contribution in [3.8, 4) is 0 Å². The standard InChI is InChI=1S/C18H15ClN2O/c19-15-8-10-16(11-9-15)21-18(22)20-12-14-6-3-5-13-4-1-2-7-17(13)14/h1-11H,12H2,(H2,20,21,22). The molecule has 0 saturated heterocycles. The first kappa shape index (κ1) is 14.4. The van der Waals surface area contributed by atoms with E-state index in [1.807, 2.05) is 24.3 Å². The number of anilines is 1. The highest BCUT2D eigenvalue weighted by molar-refractivity contribution is 6.30. The molecule has 0 bridgehead atoms. The van der Waals surface area contributed by atoms with Crippen molar-refractivity contribution in [1.82, 2.24) is 5.32 Å². The van der Waals surface area contributed by atoms with Crippen molar-refractivity contribution in [1.29, 1.82) is 0 Å². The maximum Gasteiger partial charge on any atom is 0.319 e. The molecule has 0 aliphatic rings. The van der Waals surface area contributed by atoms with Gasteiger partial charge >= 0.3 is 6.03 Å². The minimum atomic E-state index is -0.241. The van der Waals surface area contributed by atoms with Gasteiger partial charge in [-0.25, -0.2) is 4.79 Å². The summed E-state index contributed by atoms with van der Waals surface area (Å²) in [5, 5.41) is 8.61. The van der Waals surface area contributed by atoms with E-state index >= 15 is 0 Å². The average molecular weight is 311 g/mol. The van der Waals surface area contributed by atoms with E-state index in [9.17, 15) is 4.79 Å². The van der Waals surface area contributed by atoms with E-state index in [1.165, 1.54) is 5.39 Å². The third kappa shape index (κ3) is 3.38. The highest BCUT2D eigenvalue weighted by atomic mass is 35.5. The van der Waals surface area contributed by atoms with Crippen LogP contribution in [-0.4, -0.2) is 6.03 Å². The van der Waals surface area contributed by atoms with Gasteiger partial charge in [0, 0.05) is 17.3 Å². The maximum atomic E-state index is 12.0. The summed E-state index contributed by atoms with van der Waals surface area (Å²) in [6.45, 7) is 0.473. The lowest BCUT2D eigenvalue weighted by Gasteiger charge is -2.10. The number of fused-ring (bicyclic) bond motifs is 1. The van der Waals surface area contributed by atoms with Crippen molar-refractivity contribution in [2.45, 2.75) is 6.54 Å². The van der Waals surface area contributed by atoms with Gasteiger partial charge in [-0.15, -0.1) is 0 Å². The van der Waals surface area contributed by atoms with E-state index in [0.29, 0.717) is 17.3 Å². The Kier molecular flexibility index (Phi) is 4.26. The smallest absolute Gasteiger partial charge is 0.319 e. The van der Waals surface area contributed by atoms with E-state index in [1.54, 1.807) is 24.3 Å². The van der Waals surface area contributed by atoms with Crippen LogP contribution in [0.5, 0.6) is 0 Å². The van der Waals surface area contributed by atoms with Crippen LogP contribution in [-0.2, 0) is 6.54 Å². The predicted octanol–water partition coefficient (Wildman–Crippen LogP) is 4.81. The number of halogens is 1. The van der Waals surface area contributed by atoms with Gasteiger partial charge in [-0.05, 0) is 40.6 Å². The van der Waals surface area contributed by atoms with Crippen LogP contribution in [0.2, 0.25) is 5.02 Å². The Balaban J connectivity index is 1.66. The number of rotatable bonds is 3. The Morgan fingerprint density at radius 1 is 0.909 bits per heavy atom. The minimum Gasteiger partial charge on any atom is -0.334 e. The molecule has 2 N–H and O–H groups in total. The zero-order valence-corrected chi connectivity index (χ0v) is 12.6. The molecular weight excluding hydrogens is 296 g/mol. The van der Waals surface area contributed by atoms with Crippen LogP contribution in [0.3, 0.4) is 0 Å². The van der Waals surface area contributed by atoms with Gasteiger partial charge in [-0.2, -0.15) is 0 Å². The molecule has 0 saturated carbocycles. The molecule has 0 radical (unpaired) electrons. The lowest BCUT2D eigenvalue weighted by molar-refractivity contribution is 0.252. The summed E-state index contributed by atoms with van der Waals surface area (Å²) >= 11 is 5.82. The van der Waals surface area contributed by atoms with Crippen molar-refractivity contribution in [2.75, 3.05) is 5.32 Å². The number of hydrogen-bond acceptors (Lipinski definition) is 1. The van der Waals surface area contributed by atoms with Crippen LogP contribution in [0, 0.1) is 0 Å². The minimum absolute atomic E-state index is 0.241. The molecule has 0 unspecified atom stereocenters. The zero-order chi connectivity index (χ0) is 15.4. The van der Waals surface area contributed by atoms with Crippen molar-refractivity contribution in [3.05, 3.63) is 77.3 Å². The first-order chi connectivity index (χ1) is 10.7. The van der Waals surface area contributed by atoms with Crippen LogP contribution >= 0.6 is 11.6 Å². The summed E-state index contributed by atoms with van der Waals surface area (Å²) in [6, 6.07) is 21.0. The molecule has 0 atom stereocenters. The van der Waals surface area contributed by atoms with Crippen molar-refractivity contribution in [3.63, 3.8) is 0 Å². The van der Waals surface area contributed by atoms with E-state index in [4.69, 9.17) is 11.6 Å². The second-order valence-electron chi connectivity index (χ2n) is 4.95. The summed E-state index contributed by atoms with van der Waals surface area (Å²) in [5.74, 6) is 0. The third-order valence-corrected chi connectivity index (χ3v) is 3.67. The second kappa shape index (κ2) is 6.50. The lowest BCUT2D eigenvalue weighted by Crippen LogP contribution is -2.28. The molecule has 0 aliphatic heterocycles. The molecule has 0 fully saturated rings. The third-order valence-electron chi connectivity index (χ3n) is 3.42. The largest absolute Gasteiger partial charge is 0.334 e. The molecule has 0 spiro atoms. The summed E-state index contributed by atoms with van der Waals surface area (Å²) in [5.41, 5.74) is 1.80. The molecule has 0 aromatic heterocycles. The Labute approximate surface area is 133 Å². The van der Waals surface area contributed by atoms with Crippen molar-refractivity contribution >= 4 is 34.1 Å². The molecule has 22 heavy (non-hydrogen) atoms. The molecule has 3 aromatic carbocycles. The Hall–Kier alpha value is -2.52. The number of amides is 2. The predicted molar refractivity (Wildman–Crippen MR) is 91.3 cm³/mol. The van der Waals surface area contributed by atoms with Crippen molar-refractivity contribution in [2.24, 2.45) is 0 Å². The van der Waals surface area contributed by atoms with Gasteiger partial charge in [0.05, 0.1) is 0 Å². The number of benzene rings is 3. The molecule has 110 valence electrons. The van der Waals surface area contributed by atoms with Gasteiger partial charge in [0.25, 0.3) is 0 Å². The summed E-state index contributed by atoms with van der Waals surface area (Å²) in [6.07, 6.45) is 0. The van der Waals surface area contributed by atoms with Crippen LogP contribution < -0.4 is 10.6 Å². The fraction of sp³-hybridized carbons (Fsp3) is 0.0556. The molecule has 3 rings (SSSR count). The van der Waals surface area contributed by atoms with Gasteiger partial charge < -0.3 is 10.6 Å². The molecule has 4 heteroatoms. The van der Waals surface area contributed by atoms with Crippen LogP contribution in [0.25, 0.3) is 10.8 Å². The number of hydrogen-bond donors (Lipinski definition) is 2. The van der Waals surface area contributed by atoms with Gasteiger partial charge in [0.15, 0.2) is 0 Å². The normalized spacial score (nSPS) is 10.4. The summed E-state index contributed by atoms with van der Waals surface area (Å²) in [4.78, 5) is 12.0. The molecule has 2 amide bonds. The second-order valence-corrected chi connectivity index (χ2v) is 5.39. The van der Waals surface area contributed by atoms with Gasteiger partial charge in [0.1, 0.15) is 0 Å².